The third-order valence-corrected chi connectivity index (χ3v) is 5.34. The smallest absolute Gasteiger partial charge is 0.153 e. The van der Waals surface area contributed by atoms with Crippen LogP contribution in [0.3, 0.4) is 0 Å². The molecular weight excluding hydrogens is 356 g/mol. The molecule has 1 unspecified atom stereocenters. The maximum absolute atomic E-state index is 4.86. The predicted molar refractivity (Wildman–Crippen MR) is 121 cm³/mol. The SMILES string of the molecule is C=C1CC(C(=C)Nc2cc(-c3cccc(CCC)c3)n(-c3ccccc3)n2)CN1. The van der Waals surface area contributed by atoms with Crippen molar-refractivity contribution in [3.8, 4) is 16.9 Å². The minimum Gasteiger partial charge on any atom is -0.388 e. The van der Waals surface area contributed by atoms with E-state index < -0.39 is 0 Å². The molecule has 29 heavy (non-hydrogen) atoms. The summed E-state index contributed by atoms with van der Waals surface area (Å²) < 4.78 is 2.01. The van der Waals surface area contributed by atoms with E-state index in [4.69, 9.17) is 5.10 Å². The molecule has 1 atom stereocenters. The third kappa shape index (κ3) is 4.27. The first kappa shape index (κ1) is 19.1. The van der Waals surface area contributed by atoms with Crippen molar-refractivity contribution in [2.24, 2.45) is 5.92 Å². The van der Waals surface area contributed by atoms with E-state index in [0.29, 0.717) is 5.92 Å². The van der Waals surface area contributed by atoms with Crippen molar-refractivity contribution in [3.63, 3.8) is 0 Å². The van der Waals surface area contributed by atoms with Crippen molar-refractivity contribution in [1.82, 2.24) is 15.1 Å². The minimum atomic E-state index is 0.334. The molecule has 1 saturated heterocycles. The van der Waals surface area contributed by atoms with Gasteiger partial charge in [-0.3, -0.25) is 0 Å². The summed E-state index contributed by atoms with van der Waals surface area (Å²) in [6.45, 7) is 11.3. The highest BCUT2D eigenvalue weighted by Gasteiger charge is 2.21. The lowest BCUT2D eigenvalue weighted by Gasteiger charge is -2.12. The number of hydrogen-bond donors (Lipinski definition) is 2. The Balaban J connectivity index is 1.69. The standard InChI is InChI=1S/C25H28N4/c1-4-9-20-10-8-11-21(15-20)24-16-25(27-19(3)22-14-18(2)26-17-22)28-29(24)23-12-6-5-7-13-23/h5-8,10-13,15-16,22,26H,2-4,9,14,17H2,1H3,(H,27,28). The Morgan fingerprint density at radius 1 is 1.17 bits per heavy atom. The number of nitrogens with zero attached hydrogens (tertiary/aromatic N) is 2. The average Bonchev–Trinajstić information content (AvgIpc) is 3.36. The van der Waals surface area contributed by atoms with Crippen LogP contribution in [-0.2, 0) is 6.42 Å². The van der Waals surface area contributed by atoms with Crippen molar-refractivity contribution in [1.29, 1.82) is 0 Å². The van der Waals surface area contributed by atoms with E-state index in [1.165, 1.54) is 11.1 Å². The molecule has 1 aromatic heterocycles. The molecule has 0 spiro atoms. The first-order chi connectivity index (χ1) is 14.1. The second-order valence-corrected chi connectivity index (χ2v) is 7.65. The molecule has 148 valence electrons. The van der Waals surface area contributed by atoms with E-state index in [-0.39, 0.29) is 0 Å². The van der Waals surface area contributed by atoms with Crippen LogP contribution in [0.2, 0.25) is 0 Å². The number of allylic oxidation sites excluding steroid dienone is 1. The zero-order chi connectivity index (χ0) is 20.2. The summed E-state index contributed by atoms with van der Waals surface area (Å²) in [5.41, 5.74) is 6.67. The summed E-state index contributed by atoms with van der Waals surface area (Å²) >= 11 is 0. The van der Waals surface area contributed by atoms with Crippen LogP contribution in [0.4, 0.5) is 5.82 Å². The Morgan fingerprint density at radius 3 is 2.72 bits per heavy atom. The van der Waals surface area contributed by atoms with Gasteiger partial charge in [0.1, 0.15) is 0 Å². The van der Waals surface area contributed by atoms with Crippen molar-refractivity contribution < 1.29 is 0 Å². The van der Waals surface area contributed by atoms with Gasteiger partial charge in [-0.1, -0.05) is 62.9 Å². The van der Waals surface area contributed by atoms with Gasteiger partial charge in [0.2, 0.25) is 0 Å². The number of anilines is 1. The molecule has 1 aliphatic heterocycles. The molecule has 4 nitrogen and oxygen atoms in total. The lowest BCUT2D eigenvalue weighted by molar-refractivity contribution is 0.689. The molecule has 0 radical (unpaired) electrons. The van der Waals surface area contributed by atoms with Gasteiger partial charge in [0.05, 0.1) is 11.4 Å². The van der Waals surface area contributed by atoms with Gasteiger partial charge < -0.3 is 10.6 Å². The van der Waals surface area contributed by atoms with Crippen molar-refractivity contribution in [2.75, 3.05) is 11.9 Å². The molecule has 2 N–H and O–H groups in total. The van der Waals surface area contributed by atoms with Crippen LogP contribution >= 0.6 is 0 Å². The fourth-order valence-corrected chi connectivity index (χ4v) is 3.81. The minimum absolute atomic E-state index is 0.334. The molecule has 4 rings (SSSR count). The summed E-state index contributed by atoms with van der Waals surface area (Å²) in [5, 5.41) is 11.6. The maximum Gasteiger partial charge on any atom is 0.153 e. The van der Waals surface area contributed by atoms with E-state index in [9.17, 15) is 0 Å². The first-order valence-corrected chi connectivity index (χ1v) is 10.3. The molecular formula is C25H28N4. The van der Waals surface area contributed by atoms with E-state index in [2.05, 4.69) is 73.2 Å². The second kappa shape index (κ2) is 8.39. The number of rotatable bonds is 7. The number of nitrogens with one attached hydrogen (secondary N) is 2. The van der Waals surface area contributed by atoms with Crippen LogP contribution in [-0.4, -0.2) is 16.3 Å². The lowest BCUT2D eigenvalue weighted by atomic mass is 10.0. The molecule has 1 aliphatic rings. The van der Waals surface area contributed by atoms with Crippen LogP contribution < -0.4 is 10.6 Å². The molecule has 0 aliphatic carbocycles. The molecule has 2 heterocycles. The van der Waals surface area contributed by atoms with Gasteiger partial charge in [-0.2, -0.15) is 0 Å². The maximum atomic E-state index is 4.86. The topological polar surface area (TPSA) is 41.9 Å². The zero-order valence-corrected chi connectivity index (χ0v) is 17.0. The van der Waals surface area contributed by atoms with Crippen LogP contribution in [0, 0.1) is 5.92 Å². The quantitative estimate of drug-likeness (QED) is 0.562. The monoisotopic (exact) mass is 384 g/mol. The summed E-state index contributed by atoms with van der Waals surface area (Å²) in [6, 6.07) is 21.1. The Hall–Kier alpha value is -3.27. The van der Waals surface area contributed by atoms with Gasteiger partial charge in [-0.05, 0) is 36.6 Å². The largest absolute Gasteiger partial charge is 0.388 e. The van der Waals surface area contributed by atoms with E-state index in [1.807, 2.05) is 22.9 Å². The summed E-state index contributed by atoms with van der Waals surface area (Å²) in [7, 11) is 0. The van der Waals surface area contributed by atoms with Gasteiger partial charge in [0, 0.05) is 35.5 Å². The summed E-state index contributed by atoms with van der Waals surface area (Å²) in [4.78, 5) is 0. The van der Waals surface area contributed by atoms with E-state index >= 15 is 0 Å². The Morgan fingerprint density at radius 2 is 2.00 bits per heavy atom. The lowest BCUT2D eigenvalue weighted by Crippen LogP contribution is -2.14. The Bertz CT molecular complexity index is 1020. The van der Waals surface area contributed by atoms with Crippen molar-refractivity contribution >= 4 is 5.82 Å². The highest BCUT2D eigenvalue weighted by atomic mass is 15.3. The molecule has 0 bridgehead atoms. The van der Waals surface area contributed by atoms with Gasteiger partial charge in [0.15, 0.2) is 5.82 Å². The van der Waals surface area contributed by atoms with Crippen LogP contribution in [0.25, 0.3) is 16.9 Å². The summed E-state index contributed by atoms with van der Waals surface area (Å²) in [6.07, 6.45) is 3.12. The van der Waals surface area contributed by atoms with Gasteiger partial charge in [0.25, 0.3) is 0 Å². The van der Waals surface area contributed by atoms with Crippen LogP contribution in [0.1, 0.15) is 25.3 Å². The van der Waals surface area contributed by atoms with Crippen molar-refractivity contribution in [3.05, 3.63) is 90.8 Å². The second-order valence-electron chi connectivity index (χ2n) is 7.65. The predicted octanol–water partition coefficient (Wildman–Crippen LogP) is 5.54. The van der Waals surface area contributed by atoms with Gasteiger partial charge >= 0.3 is 0 Å². The molecule has 4 heteroatoms. The first-order valence-electron chi connectivity index (χ1n) is 10.3. The van der Waals surface area contributed by atoms with Gasteiger partial charge in [-0.25, -0.2) is 4.68 Å². The molecule has 0 saturated carbocycles. The fraction of sp³-hybridized carbons (Fsp3) is 0.240. The number of benzene rings is 2. The van der Waals surface area contributed by atoms with Crippen molar-refractivity contribution in [2.45, 2.75) is 26.2 Å². The van der Waals surface area contributed by atoms with Gasteiger partial charge in [-0.15, -0.1) is 5.10 Å². The van der Waals surface area contributed by atoms with E-state index in [1.54, 1.807) is 0 Å². The van der Waals surface area contributed by atoms with E-state index in [0.717, 1.165) is 54.4 Å². The number of aryl methyl sites for hydroxylation is 1. The Kier molecular flexibility index (Phi) is 5.52. The number of para-hydroxylation sites is 1. The Labute approximate surface area is 173 Å². The molecule has 3 aromatic rings. The summed E-state index contributed by atoms with van der Waals surface area (Å²) in [5.74, 6) is 1.15. The average molecular weight is 385 g/mol. The molecule has 2 aromatic carbocycles. The highest BCUT2D eigenvalue weighted by molar-refractivity contribution is 5.67. The zero-order valence-electron chi connectivity index (χ0n) is 17.0. The van der Waals surface area contributed by atoms with Crippen LogP contribution in [0.15, 0.2) is 85.2 Å². The fourth-order valence-electron chi connectivity index (χ4n) is 3.81. The van der Waals surface area contributed by atoms with Crippen LogP contribution in [0.5, 0.6) is 0 Å². The third-order valence-electron chi connectivity index (χ3n) is 5.34. The number of aromatic nitrogens is 2. The molecule has 1 fully saturated rings. The molecule has 0 amide bonds. The highest BCUT2D eigenvalue weighted by Crippen LogP contribution is 2.29. The number of hydrogen-bond acceptors (Lipinski definition) is 3. The normalized spacial score (nSPS) is 15.9.